The van der Waals surface area contributed by atoms with E-state index in [1.165, 1.54) is 42.1 Å². The molecule has 164 valence electrons. The minimum Gasteiger partial charge on any atom is -0.461 e. The summed E-state index contributed by atoms with van der Waals surface area (Å²) in [7, 11) is 0. The number of thioether (sulfide) groups is 1. The summed E-state index contributed by atoms with van der Waals surface area (Å²) in [6, 6.07) is 14.6. The molecule has 0 atom stereocenters. The Bertz CT molecular complexity index is 1250. The average Bonchev–Trinajstić information content (AvgIpc) is 3.40. The second-order valence-corrected chi connectivity index (χ2v) is 7.65. The Hall–Kier alpha value is -3.66. The third kappa shape index (κ3) is 4.97. The van der Waals surface area contributed by atoms with E-state index in [0.29, 0.717) is 16.6 Å². The lowest BCUT2D eigenvalue weighted by Crippen LogP contribution is -2.14. The highest BCUT2D eigenvalue weighted by Gasteiger charge is 2.18. The first-order valence-corrected chi connectivity index (χ1v) is 10.8. The molecule has 0 bridgehead atoms. The zero-order valence-corrected chi connectivity index (χ0v) is 17.9. The summed E-state index contributed by atoms with van der Waals surface area (Å²) < 4.78 is 25.2. The highest BCUT2D eigenvalue weighted by Crippen LogP contribution is 2.26. The van der Waals surface area contributed by atoms with Crippen LogP contribution in [0.15, 0.2) is 64.3 Å². The van der Waals surface area contributed by atoms with Gasteiger partial charge < -0.3 is 19.1 Å². The Kier molecular flexibility index (Phi) is 6.50. The molecular weight excluding hydrogens is 435 g/mol. The van der Waals surface area contributed by atoms with Crippen LogP contribution in [-0.2, 0) is 16.1 Å². The van der Waals surface area contributed by atoms with Crippen molar-refractivity contribution in [3.63, 3.8) is 0 Å². The molecule has 0 aliphatic carbocycles. The zero-order chi connectivity index (χ0) is 22.5. The van der Waals surface area contributed by atoms with Crippen molar-refractivity contribution in [1.29, 1.82) is 0 Å². The molecule has 0 saturated heterocycles. The van der Waals surface area contributed by atoms with E-state index >= 15 is 0 Å². The molecule has 0 aliphatic rings. The van der Waals surface area contributed by atoms with E-state index in [2.05, 4.69) is 15.5 Å². The van der Waals surface area contributed by atoms with Crippen LogP contribution in [0.1, 0.15) is 23.2 Å². The van der Waals surface area contributed by atoms with Gasteiger partial charge in [-0.15, -0.1) is 0 Å². The predicted octanol–water partition coefficient (Wildman–Crippen LogP) is 4.12. The molecule has 0 unspecified atom stereocenters. The summed E-state index contributed by atoms with van der Waals surface area (Å²) in [6.45, 7) is 2.23. The topological polar surface area (TPSA) is 99.2 Å². The first kappa shape index (κ1) is 21.6. The number of benzene rings is 2. The number of amides is 1. The van der Waals surface area contributed by atoms with E-state index in [4.69, 9.17) is 9.26 Å². The van der Waals surface area contributed by atoms with E-state index in [1.807, 2.05) is 28.8 Å². The van der Waals surface area contributed by atoms with Gasteiger partial charge in [-0.3, -0.25) is 4.79 Å². The highest BCUT2D eigenvalue weighted by atomic mass is 32.2. The van der Waals surface area contributed by atoms with Crippen molar-refractivity contribution < 1.29 is 23.2 Å². The molecule has 1 amide bonds. The maximum absolute atomic E-state index is 13.0. The van der Waals surface area contributed by atoms with Crippen LogP contribution in [0, 0.1) is 5.82 Å². The average molecular weight is 454 g/mol. The second kappa shape index (κ2) is 9.65. The molecule has 32 heavy (non-hydrogen) atoms. The molecule has 2 aromatic carbocycles. The largest absolute Gasteiger partial charge is 0.461 e. The molecule has 0 aliphatic heterocycles. The summed E-state index contributed by atoms with van der Waals surface area (Å²) in [5.74, 6) is -0.612. The summed E-state index contributed by atoms with van der Waals surface area (Å²) in [5.41, 5.74) is 2.22. The van der Waals surface area contributed by atoms with Crippen LogP contribution in [0.5, 0.6) is 0 Å². The Balaban J connectivity index is 1.51. The molecule has 4 aromatic rings. The summed E-state index contributed by atoms with van der Waals surface area (Å²) >= 11 is 1.26. The van der Waals surface area contributed by atoms with Crippen LogP contribution in [0.4, 0.5) is 10.1 Å². The lowest BCUT2D eigenvalue weighted by molar-refractivity contribution is -0.113. The predicted molar refractivity (Wildman–Crippen MR) is 117 cm³/mol. The van der Waals surface area contributed by atoms with E-state index in [-0.39, 0.29) is 36.3 Å². The molecule has 0 radical (unpaired) electrons. The minimum absolute atomic E-state index is 0.0964. The lowest BCUT2D eigenvalue weighted by Gasteiger charge is -2.07. The van der Waals surface area contributed by atoms with Crippen LogP contribution < -0.4 is 5.32 Å². The summed E-state index contributed by atoms with van der Waals surface area (Å²) in [5, 5.41) is 7.10. The number of imidazole rings is 1. The maximum atomic E-state index is 13.0. The van der Waals surface area contributed by atoms with Crippen molar-refractivity contribution in [3.8, 4) is 0 Å². The lowest BCUT2D eigenvalue weighted by atomic mass is 10.3. The summed E-state index contributed by atoms with van der Waals surface area (Å²) in [4.78, 5) is 28.8. The number of carbonyl (C=O) groups excluding carboxylic acids is 2. The Morgan fingerprint density at radius 2 is 1.97 bits per heavy atom. The van der Waals surface area contributed by atoms with Crippen molar-refractivity contribution in [2.75, 3.05) is 17.7 Å². The number of carbonyl (C=O) groups is 2. The molecule has 0 fully saturated rings. The number of esters is 1. The minimum atomic E-state index is -0.551. The molecule has 2 aromatic heterocycles. The second-order valence-electron chi connectivity index (χ2n) is 6.71. The highest BCUT2D eigenvalue weighted by molar-refractivity contribution is 7.99. The number of halogens is 1. The molecule has 1 N–H and O–H groups in total. The van der Waals surface area contributed by atoms with Crippen molar-refractivity contribution in [2.24, 2.45) is 0 Å². The van der Waals surface area contributed by atoms with Crippen molar-refractivity contribution in [2.45, 2.75) is 18.6 Å². The van der Waals surface area contributed by atoms with Crippen LogP contribution >= 0.6 is 11.8 Å². The fraction of sp³-hybridized carbons (Fsp3) is 0.182. The Morgan fingerprint density at radius 3 is 2.75 bits per heavy atom. The molecule has 4 rings (SSSR count). The number of rotatable bonds is 8. The van der Waals surface area contributed by atoms with Crippen LogP contribution in [0.25, 0.3) is 11.0 Å². The van der Waals surface area contributed by atoms with E-state index in [0.717, 1.165) is 11.0 Å². The van der Waals surface area contributed by atoms with Gasteiger partial charge in [0.1, 0.15) is 5.82 Å². The van der Waals surface area contributed by atoms with E-state index in [9.17, 15) is 14.0 Å². The Labute approximate surface area is 186 Å². The van der Waals surface area contributed by atoms with Gasteiger partial charge in [0.25, 0.3) is 0 Å². The van der Waals surface area contributed by atoms with Crippen LogP contribution in [0.2, 0.25) is 0 Å². The SMILES string of the molecule is CCOC(=O)c1cc(Cn2c(SCC(=O)Nc3ccc(F)cc3)nc3ccccc32)on1. The quantitative estimate of drug-likeness (QED) is 0.316. The van der Waals surface area contributed by atoms with Gasteiger partial charge >= 0.3 is 5.97 Å². The number of hydrogen-bond acceptors (Lipinski definition) is 7. The standard InChI is InChI=1S/C22H19FN4O4S/c1-2-30-21(29)18-11-16(31-26-18)12-27-19-6-4-3-5-17(19)25-22(27)32-13-20(28)24-15-9-7-14(23)8-10-15/h3-11H,2,12-13H2,1H3,(H,24,28). The number of anilines is 1. The van der Waals surface area contributed by atoms with Gasteiger partial charge in [-0.05, 0) is 43.3 Å². The number of hydrogen-bond donors (Lipinski definition) is 1. The first-order chi connectivity index (χ1) is 15.5. The third-order valence-electron chi connectivity index (χ3n) is 4.44. The number of para-hydroxylation sites is 2. The van der Waals surface area contributed by atoms with Gasteiger partial charge in [-0.1, -0.05) is 29.1 Å². The molecule has 0 spiro atoms. The maximum Gasteiger partial charge on any atom is 0.360 e. The molecular formula is C22H19FN4O4S. The normalized spacial score (nSPS) is 10.9. The van der Waals surface area contributed by atoms with Gasteiger partial charge in [0.05, 0.1) is 29.9 Å². The van der Waals surface area contributed by atoms with Gasteiger partial charge in [0.15, 0.2) is 16.6 Å². The third-order valence-corrected chi connectivity index (χ3v) is 5.41. The van der Waals surface area contributed by atoms with Gasteiger partial charge in [0.2, 0.25) is 5.91 Å². The number of fused-ring (bicyclic) bond motifs is 1. The van der Waals surface area contributed by atoms with Crippen molar-refractivity contribution in [3.05, 3.63) is 71.9 Å². The smallest absolute Gasteiger partial charge is 0.360 e. The van der Waals surface area contributed by atoms with E-state index in [1.54, 1.807) is 6.92 Å². The van der Waals surface area contributed by atoms with Crippen LogP contribution in [0.3, 0.4) is 0 Å². The molecule has 2 heterocycles. The van der Waals surface area contributed by atoms with Gasteiger partial charge in [-0.2, -0.15) is 0 Å². The van der Waals surface area contributed by atoms with Crippen LogP contribution in [-0.4, -0.2) is 38.9 Å². The monoisotopic (exact) mass is 454 g/mol. The molecule has 10 heteroatoms. The van der Waals surface area contributed by atoms with Gasteiger partial charge in [0, 0.05) is 11.8 Å². The van der Waals surface area contributed by atoms with Crippen molar-refractivity contribution >= 4 is 40.4 Å². The van der Waals surface area contributed by atoms with Crippen molar-refractivity contribution in [1.82, 2.24) is 14.7 Å². The number of nitrogens with one attached hydrogen (secondary N) is 1. The Morgan fingerprint density at radius 1 is 1.19 bits per heavy atom. The molecule has 0 saturated carbocycles. The summed E-state index contributed by atoms with van der Waals surface area (Å²) in [6.07, 6.45) is 0. The zero-order valence-electron chi connectivity index (χ0n) is 17.1. The molecule has 8 nitrogen and oxygen atoms in total. The van der Waals surface area contributed by atoms with E-state index < -0.39 is 5.97 Å². The number of ether oxygens (including phenoxy) is 1. The fourth-order valence-electron chi connectivity index (χ4n) is 3.02. The number of nitrogens with zero attached hydrogens (tertiary/aromatic N) is 3. The first-order valence-electron chi connectivity index (χ1n) is 9.79. The fourth-order valence-corrected chi connectivity index (χ4v) is 3.84. The number of aromatic nitrogens is 3. The van der Waals surface area contributed by atoms with Gasteiger partial charge in [-0.25, -0.2) is 14.2 Å².